The summed E-state index contributed by atoms with van der Waals surface area (Å²) >= 11 is 0. The van der Waals surface area contributed by atoms with Crippen LogP contribution in [0.15, 0.2) is 24.3 Å². The standard InChI is InChI=1S/C20H25N5O3/c26-19(23-11-15-5-2-8-28-15)14-4-1-3-13(9-14)10-22-20(27)18-16-12-21-7-6-17(16)24-25-18/h1,3-4,9,15,21H,2,5-8,10-12H2,(H,22,27)(H,23,26)(H,24,25). The van der Waals surface area contributed by atoms with E-state index in [1.54, 1.807) is 12.1 Å². The average Bonchev–Trinajstić information content (AvgIpc) is 3.40. The van der Waals surface area contributed by atoms with Crippen molar-refractivity contribution in [3.05, 3.63) is 52.3 Å². The lowest BCUT2D eigenvalue weighted by atomic mass is 10.1. The topological polar surface area (TPSA) is 108 Å². The zero-order valence-electron chi connectivity index (χ0n) is 15.7. The number of nitrogens with one attached hydrogen (secondary N) is 4. The molecule has 1 aromatic heterocycles. The van der Waals surface area contributed by atoms with Crippen molar-refractivity contribution in [2.24, 2.45) is 0 Å². The minimum absolute atomic E-state index is 0.112. The van der Waals surface area contributed by atoms with Gasteiger partial charge in [-0.1, -0.05) is 12.1 Å². The highest BCUT2D eigenvalue weighted by Crippen LogP contribution is 2.15. The third-order valence-corrected chi connectivity index (χ3v) is 5.18. The number of carbonyl (C=O) groups excluding carboxylic acids is 2. The molecule has 2 amide bonds. The summed E-state index contributed by atoms with van der Waals surface area (Å²) < 4.78 is 5.53. The molecule has 0 aliphatic carbocycles. The van der Waals surface area contributed by atoms with E-state index in [9.17, 15) is 9.59 Å². The summed E-state index contributed by atoms with van der Waals surface area (Å²) in [6.45, 7) is 3.16. The Labute approximate surface area is 163 Å². The van der Waals surface area contributed by atoms with Crippen LogP contribution in [0.2, 0.25) is 0 Å². The zero-order valence-corrected chi connectivity index (χ0v) is 15.7. The Balaban J connectivity index is 1.33. The van der Waals surface area contributed by atoms with E-state index in [-0.39, 0.29) is 17.9 Å². The molecule has 28 heavy (non-hydrogen) atoms. The van der Waals surface area contributed by atoms with Crippen molar-refractivity contribution in [2.75, 3.05) is 19.7 Å². The molecule has 0 spiro atoms. The second-order valence-corrected chi connectivity index (χ2v) is 7.18. The third kappa shape index (κ3) is 4.23. The lowest BCUT2D eigenvalue weighted by Crippen LogP contribution is -2.32. The van der Waals surface area contributed by atoms with Gasteiger partial charge in [-0.15, -0.1) is 0 Å². The van der Waals surface area contributed by atoms with Crippen molar-refractivity contribution in [3.8, 4) is 0 Å². The first-order valence-corrected chi connectivity index (χ1v) is 9.74. The van der Waals surface area contributed by atoms with Gasteiger partial charge in [0.25, 0.3) is 11.8 Å². The quantitative estimate of drug-likeness (QED) is 0.593. The molecule has 4 rings (SSSR count). The summed E-state index contributed by atoms with van der Waals surface area (Å²) in [7, 11) is 0. The summed E-state index contributed by atoms with van der Waals surface area (Å²) in [4.78, 5) is 24.9. The minimum Gasteiger partial charge on any atom is -0.376 e. The Hall–Kier alpha value is -2.71. The molecule has 0 saturated carbocycles. The molecule has 2 aliphatic heterocycles. The summed E-state index contributed by atoms with van der Waals surface area (Å²) in [6.07, 6.45) is 2.99. The first-order valence-electron chi connectivity index (χ1n) is 9.74. The van der Waals surface area contributed by atoms with Crippen molar-refractivity contribution in [1.82, 2.24) is 26.1 Å². The molecule has 3 heterocycles. The van der Waals surface area contributed by atoms with Gasteiger partial charge in [-0.2, -0.15) is 5.10 Å². The largest absolute Gasteiger partial charge is 0.376 e. The van der Waals surface area contributed by atoms with Crippen LogP contribution in [0.4, 0.5) is 0 Å². The number of aromatic nitrogens is 2. The monoisotopic (exact) mass is 383 g/mol. The smallest absolute Gasteiger partial charge is 0.272 e. The van der Waals surface area contributed by atoms with Crippen LogP contribution in [0.25, 0.3) is 0 Å². The summed E-state index contributed by atoms with van der Waals surface area (Å²) in [5.41, 5.74) is 3.83. The fourth-order valence-corrected chi connectivity index (χ4v) is 3.62. The van der Waals surface area contributed by atoms with E-state index in [0.29, 0.717) is 30.9 Å². The maximum absolute atomic E-state index is 12.5. The van der Waals surface area contributed by atoms with Gasteiger partial charge in [0.2, 0.25) is 0 Å². The van der Waals surface area contributed by atoms with Crippen LogP contribution in [0.5, 0.6) is 0 Å². The maximum atomic E-state index is 12.5. The summed E-state index contributed by atoms with van der Waals surface area (Å²) in [5, 5.41) is 16.2. The number of fused-ring (bicyclic) bond motifs is 1. The number of aromatic amines is 1. The predicted molar refractivity (Wildman–Crippen MR) is 103 cm³/mol. The van der Waals surface area contributed by atoms with Gasteiger partial charge in [-0.3, -0.25) is 14.7 Å². The Morgan fingerprint density at radius 1 is 1.25 bits per heavy atom. The number of amides is 2. The molecule has 8 nitrogen and oxygen atoms in total. The van der Waals surface area contributed by atoms with Gasteiger partial charge < -0.3 is 20.7 Å². The molecule has 148 valence electrons. The van der Waals surface area contributed by atoms with Crippen molar-refractivity contribution >= 4 is 11.8 Å². The van der Waals surface area contributed by atoms with Crippen molar-refractivity contribution in [1.29, 1.82) is 0 Å². The number of carbonyl (C=O) groups is 2. The minimum atomic E-state index is -0.213. The summed E-state index contributed by atoms with van der Waals surface area (Å²) in [6, 6.07) is 7.28. The molecule has 4 N–H and O–H groups in total. The Morgan fingerprint density at radius 3 is 3.04 bits per heavy atom. The van der Waals surface area contributed by atoms with Gasteiger partial charge in [-0.05, 0) is 30.5 Å². The van der Waals surface area contributed by atoms with Gasteiger partial charge in [0.1, 0.15) is 0 Å². The zero-order chi connectivity index (χ0) is 19.3. The van der Waals surface area contributed by atoms with Gasteiger partial charge in [0.15, 0.2) is 5.69 Å². The second kappa shape index (κ2) is 8.53. The van der Waals surface area contributed by atoms with Gasteiger partial charge >= 0.3 is 0 Å². The van der Waals surface area contributed by atoms with Crippen LogP contribution < -0.4 is 16.0 Å². The molecule has 2 aliphatic rings. The normalized spacial score (nSPS) is 18.5. The fourth-order valence-electron chi connectivity index (χ4n) is 3.62. The van der Waals surface area contributed by atoms with Crippen molar-refractivity contribution in [3.63, 3.8) is 0 Å². The van der Waals surface area contributed by atoms with Crippen molar-refractivity contribution in [2.45, 2.75) is 38.5 Å². The average molecular weight is 383 g/mol. The van der Waals surface area contributed by atoms with Crippen molar-refractivity contribution < 1.29 is 14.3 Å². The molecular weight excluding hydrogens is 358 g/mol. The highest BCUT2D eigenvalue weighted by atomic mass is 16.5. The Kier molecular flexibility index (Phi) is 5.68. The number of ether oxygens (including phenoxy) is 1. The van der Waals surface area contributed by atoms with E-state index in [2.05, 4.69) is 26.1 Å². The molecule has 0 bridgehead atoms. The van der Waals surface area contributed by atoms with E-state index in [1.807, 2.05) is 12.1 Å². The van der Waals surface area contributed by atoms with E-state index in [0.717, 1.165) is 49.2 Å². The van der Waals surface area contributed by atoms with E-state index < -0.39 is 0 Å². The number of H-pyrrole nitrogens is 1. The van der Waals surface area contributed by atoms with Gasteiger partial charge in [-0.25, -0.2) is 0 Å². The number of benzene rings is 1. The first-order chi connectivity index (χ1) is 13.7. The number of hydrogen-bond donors (Lipinski definition) is 4. The predicted octanol–water partition coefficient (Wildman–Crippen LogP) is 0.894. The molecule has 1 saturated heterocycles. The number of rotatable bonds is 6. The fraction of sp³-hybridized carbons (Fsp3) is 0.450. The number of nitrogens with zero attached hydrogens (tertiary/aromatic N) is 1. The molecule has 1 aromatic carbocycles. The maximum Gasteiger partial charge on any atom is 0.272 e. The molecule has 1 fully saturated rings. The first kappa shape index (κ1) is 18.6. The SMILES string of the molecule is O=C(NCC1CCCO1)c1cccc(CNC(=O)c2n[nH]c3c2CNCC3)c1. The molecular formula is C20H25N5O3. The Morgan fingerprint density at radius 2 is 2.18 bits per heavy atom. The van der Waals surface area contributed by atoms with Crippen LogP contribution in [-0.2, 0) is 24.2 Å². The second-order valence-electron chi connectivity index (χ2n) is 7.18. The lowest BCUT2D eigenvalue weighted by molar-refractivity contribution is 0.0857. The third-order valence-electron chi connectivity index (χ3n) is 5.18. The molecule has 2 aromatic rings. The molecule has 1 atom stereocenters. The molecule has 1 unspecified atom stereocenters. The van der Waals surface area contributed by atoms with Crippen LogP contribution >= 0.6 is 0 Å². The van der Waals surface area contributed by atoms with Crippen LogP contribution in [0.1, 0.15) is 50.5 Å². The van der Waals surface area contributed by atoms with E-state index in [1.165, 1.54) is 0 Å². The highest BCUT2D eigenvalue weighted by molar-refractivity contribution is 5.95. The number of hydrogen-bond acceptors (Lipinski definition) is 5. The lowest BCUT2D eigenvalue weighted by Gasteiger charge is -2.13. The van der Waals surface area contributed by atoms with Gasteiger partial charge in [0.05, 0.1) is 6.10 Å². The highest BCUT2D eigenvalue weighted by Gasteiger charge is 2.21. The van der Waals surface area contributed by atoms with Crippen LogP contribution in [-0.4, -0.2) is 47.8 Å². The molecule has 0 radical (unpaired) electrons. The van der Waals surface area contributed by atoms with Crippen LogP contribution in [0.3, 0.4) is 0 Å². The van der Waals surface area contributed by atoms with E-state index >= 15 is 0 Å². The Bertz CT molecular complexity index is 857. The van der Waals surface area contributed by atoms with Gasteiger partial charge in [0, 0.05) is 56.0 Å². The van der Waals surface area contributed by atoms with E-state index in [4.69, 9.17) is 4.74 Å². The molecule has 8 heteroatoms. The summed E-state index contributed by atoms with van der Waals surface area (Å²) in [5.74, 6) is -0.342. The van der Waals surface area contributed by atoms with Crippen LogP contribution in [0, 0.1) is 0 Å².